The van der Waals surface area contributed by atoms with E-state index in [9.17, 15) is 4.79 Å². The van der Waals surface area contributed by atoms with Crippen molar-refractivity contribution >= 4 is 33.9 Å². The second-order valence-electron chi connectivity index (χ2n) is 8.97. The molecule has 2 aromatic carbocycles. The minimum absolute atomic E-state index is 0.431. The second-order valence-corrected chi connectivity index (χ2v) is 9.38. The van der Waals surface area contributed by atoms with Crippen LogP contribution in [0.3, 0.4) is 0 Å². The molecule has 3 aromatic heterocycles. The van der Waals surface area contributed by atoms with E-state index in [1.54, 1.807) is 12.3 Å². The molecule has 37 heavy (non-hydrogen) atoms. The van der Waals surface area contributed by atoms with E-state index in [2.05, 4.69) is 56.5 Å². The van der Waals surface area contributed by atoms with Gasteiger partial charge in [-0.05, 0) is 66.1 Å². The number of aromatic amines is 1. The lowest BCUT2D eigenvalue weighted by molar-refractivity contribution is 0.301. The number of pyridine rings is 1. The van der Waals surface area contributed by atoms with Crippen molar-refractivity contribution in [2.75, 3.05) is 6.61 Å². The van der Waals surface area contributed by atoms with Gasteiger partial charge < -0.3 is 4.74 Å². The number of nitrogens with one attached hydrogen (secondary N) is 1. The summed E-state index contributed by atoms with van der Waals surface area (Å²) in [5.74, 6) is -0.139. The molecule has 1 aliphatic carbocycles. The van der Waals surface area contributed by atoms with Gasteiger partial charge in [0.25, 0.3) is 6.01 Å². The van der Waals surface area contributed by atoms with Crippen LogP contribution < -0.4 is 10.5 Å². The topological polar surface area (TPSA) is 98.8 Å². The Hall–Kier alpha value is -4.17. The summed E-state index contributed by atoms with van der Waals surface area (Å²) in [5.41, 5.74) is 9.00. The summed E-state index contributed by atoms with van der Waals surface area (Å²) in [5, 5.41) is 4.50. The number of allylic oxidation sites excluding steroid dienone is 1. The van der Waals surface area contributed by atoms with E-state index in [0.29, 0.717) is 41.2 Å². The number of aromatic nitrogens is 5. The number of halogens is 1. The standard InChI is InChI=1S/C28H24ClN5O3/c1-3-36-27-31-24-22(29)12-13-30-26(24)34(27)15-17-8-11-21-19(14-17)10-9-18-6-4-5-7-20(18)23(21)16(2)25-32-28(35)37-33-25/h4-8,11-14H,3,9-10,15H2,1-2H3,(H,32,33,35). The maximum Gasteiger partial charge on any atom is 0.439 e. The van der Waals surface area contributed by atoms with Crippen LogP contribution in [0.25, 0.3) is 22.3 Å². The smallest absolute Gasteiger partial charge is 0.439 e. The summed E-state index contributed by atoms with van der Waals surface area (Å²) in [6.07, 6.45) is 3.45. The highest BCUT2D eigenvalue weighted by molar-refractivity contribution is 6.34. The number of rotatable bonds is 5. The van der Waals surface area contributed by atoms with Crippen LogP contribution in [0, 0.1) is 0 Å². The number of imidazole rings is 1. The Balaban J connectivity index is 1.48. The molecule has 0 unspecified atom stereocenters. The third-order valence-electron chi connectivity index (χ3n) is 6.72. The molecule has 0 amide bonds. The quantitative estimate of drug-likeness (QED) is 0.343. The van der Waals surface area contributed by atoms with Crippen LogP contribution in [0.15, 0.2) is 64.0 Å². The van der Waals surface area contributed by atoms with Crippen molar-refractivity contribution in [1.82, 2.24) is 24.7 Å². The van der Waals surface area contributed by atoms with Gasteiger partial charge in [0, 0.05) is 11.8 Å². The van der Waals surface area contributed by atoms with E-state index >= 15 is 0 Å². The van der Waals surface area contributed by atoms with Gasteiger partial charge in [0.1, 0.15) is 5.52 Å². The Morgan fingerprint density at radius 2 is 1.95 bits per heavy atom. The van der Waals surface area contributed by atoms with Crippen molar-refractivity contribution in [3.63, 3.8) is 0 Å². The lowest BCUT2D eigenvalue weighted by Crippen LogP contribution is -2.07. The maximum atomic E-state index is 11.7. The number of ether oxygens (including phenoxy) is 1. The van der Waals surface area contributed by atoms with Gasteiger partial charge in [-0.2, -0.15) is 4.98 Å². The highest BCUT2D eigenvalue weighted by atomic mass is 35.5. The Morgan fingerprint density at radius 1 is 1.14 bits per heavy atom. The first kappa shape index (κ1) is 23.2. The van der Waals surface area contributed by atoms with Crippen LogP contribution in [0.5, 0.6) is 6.01 Å². The van der Waals surface area contributed by atoms with Gasteiger partial charge in [-0.3, -0.25) is 14.1 Å². The summed E-state index contributed by atoms with van der Waals surface area (Å²) in [7, 11) is 0. The van der Waals surface area contributed by atoms with Gasteiger partial charge in [0.2, 0.25) is 0 Å². The SMILES string of the molecule is CCOc1nc2c(Cl)ccnc2n1Cc1ccc2c(c1)CCc1ccccc1C2=C(C)c1noc(=O)[nH]1. The van der Waals surface area contributed by atoms with Crippen molar-refractivity contribution < 1.29 is 9.26 Å². The molecule has 0 radical (unpaired) electrons. The minimum atomic E-state index is -0.571. The van der Waals surface area contributed by atoms with Gasteiger partial charge >= 0.3 is 5.76 Å². The third-order valence-corrected chi connectivity index (χ3v) is 7.03. The van der Waals surface area contributed by atoms with Crippen molar-refractivity contribution in [3.05, 3.63) is 104 Å². The molecule has 9 heteroatoms. The number of aryl methyl sites for hydroxylation is 2. The Morgan fingerprint density at radius 3 is 2.76 bits per heavy atom. The summed E-state index contributed by atoms with van der Waals surface area (Å²) in [4.78, 5) is 23.5. The molecule has 1 N–H and O–H groups in total. The third kappa shape index (κ3) is 4.13. The number of fused-ring (bicyclic) bond motifs is 3. The van der Waals surface area contributed by atoms with Gasteiger partial charge in [0.05, 0.1) is 18.2 Å². The summed E-state index contributed by atoms with van der Waals surface area (Å²) < 4.78 is 12.6. The average molecular weight is 514 g/mol. The lowest BCUT2D eigenvalue weighted by Gasteiger charge is -2.16. The normalized spacial score (nSPS) is 14.2. The van der Waals surface area contributed by atoms with Crippen LogP contribution >= 0.6 is 11.6 Å². The van der Waals surface area contributed by atoms with Gasteiger partial charge in [0.15, 0.2) is 11.5 Å². The van der Waals surface area contributed by atoms with E-state index in [1.807, 2.05) is 24.5 Å². The molecule has 186 valence electrons. The van der Waals surface area contributed by atoms with Crippen LogP contribution in [0.2, 0.25) is 5.02 Å². The molecule has 6 rings (SSSR count). The molecule has 8 nitrogen and oxygen atoms in total. The molecule has 1 aliphatic rings. The largest absolute Gasteiger partial charge is 0.465 e. The number of H-pyrrole nitrogens is 1. The average Bonchev–Trinajstić information content (AvgIpc) is 3.44. The molecule has 3 heterocycles. The van der Waals surface area contributed by atoms with Gasteiger partial charge in [-0.1, -0.05) is 59.2 Å². The second kappa shape index (κ2) is 9.37. The maximum absolute atomic E-state index is 11.7. The number of nitrogens with zero attached hydrogens (tertiary/aromatic N) is 4. The molecule has 0 aliphatic heterocycles. The molecule has 0 fully saturated rings. The fourth-order valence-corrected chi connectivity index (χ4v) is 5.22. The van der Waals surface area contributed by atoms with E-state index in [1.165, 1.54) is 11.1 Å². The fourth-order valence-electron chi connectivity index (χ4n) is 5.04. The summed E-state index contributed by atoms with van der Waals surface area (Å²) in [6, 6.07) is 17.1. The Kier molecular flexibility index (Phi) is 5.88. The fraction of sp³-hybridized carbons (Fsp3) is 0.214. The van der Waals surface area contributed by atoms with Crippen molar-refractivity contribution in [1.29, 1.82) is 0 Å². The first-order valence-electron chi connectivity index (χ1n) is 12.1. The first-order chi connectivity index (χ1) is 18.0. The van der Waals surface area contributed by atoms with Gasteiger partial charge in [-0.25, -0.2) is 9.78 Å². The van der Waals surface area contributed by atoms with E-state index in [4.69, 9.17) is 20.9 Å². The molecule has 0 atom stereocenters. The monoisotopic (exact) mass is 513 g/mol. The Bertz CT molecular complexity index is 1730. The molecule has 0 saturated carbocycles. The molecule has 5 aromatic rings. The van der Waals surface area contributed by atoms with Gasteiger partial charge in [-0.15, -0.1) is 0 Å². The molecule has 0 saturated heterocycles. The predicted molar refractivity (Wildman–Crippen MR) is 142 cm³/mol. The zero-order chi connectivity index (χ0) is 25.5. The number of hydrogen-bond donors (Lipinski definition) is 1. The van der Waals surface area contributed by atoms with E-state index in [-0.39, 0.29) is 0 Å². The summed E-state index contributed by atoms with van der Waals surface area (Å²) in [6.45, 7) is 4.91. The van der Waals surface area contributed by atoms with Crippen molar-refractivity contribution in [2.24, 2.45) is 0 Å². The molecule has 0 spiro atoms. The number of hydrogen-bond acceptors (Lipinski definition) is 6. The predicted octanol–water partition coefficient (Wildman–Crippen LogP) is 5.29. The van der Waals surface area contributed by atoms with E-state index < -0.39 is 5.76 Å². The zero-order valence-electron chi connectivity index (χ0n) is 20.4. The van der Waals surface area contributed by atoms with E-state index in [0.717, 1.165) is 40.7 Å². The first-order valence-corrected chi connectivity index (χ1v) is 12.5. The Labute approximate surface area is 217 Å². The highest BCUT2D eigenvalue weighted by Gasteiger charge is 2.23. The van der Waals surface area contributed by atoms with Crippen molar-refractivity contribution in [3.8, 4) is 6.01 Å². The minimum Gasteiger partial charge on any atom is -0.465 e. The highest BCUT2D eigenvalue weighted by Crippen LogP contribution is 2.38. The van der Waals surface area contributed by atoms with Crippen LogP contribution in [0.4, 0.5) is 0 Å². The zero-order valence-corrected chi connectivity index (χ0v) is 21.2. The van der Waals surface area contributed by atoms with Crippen LogP contribution in [0.1, 0.15) is 47.5 Å². The van der Waals surface area contributed by atoms with Crippen LogP contribution in [-0.4, -0.2) is 31.3 Å². The summed E-state index contributed by atoms with van der Waals surface area (Å²) >= 11 is 6.39. The number of benzene rings is 2. The molecular weight excluding hydrogens is 490 g/mol. The molecule has 0 bridgehead atoms. The van der Waals surface area contributed by atoms with Crippen molar-refractivity contribution in [2.45, 2.75) is 33.2 Å². The lowest BCUT2D eigenvalue weighted by atomic mass is 9.89. The van der Waals surface area contributed by atoms with Crippen LogP contribution in [-0.2, 0) is 19.4 Å². The molecular formula is C28H24ClN5O3.